The molecule has 0 saturated carbocycles. The third kappa shape index (κ3) is 19.1. The van der Waals surface area contributed by atoms with Crippen molar-refractivity contribution in [3.8, 4) is 0 Å². The largest absolute Gasteiger partial charge is 2.00 e. The van der Waals surface area contributed by atoms with E-state index in [9.17, 15) is 0 Å². The first kappa shape index (κ1) is 41.7. The Balaban J connectivity index is 0. The molecule has 5 heavy (non-hydrogen) atoms. The van der Waals surface area contributed by atoms with Gasteiger partial charge in [-0.1, -0.05) is 0 Å². The molecule has 0 aromatic carbocycles. The minimum absolute atomic E-state index is 0. The Morgan fingerprint density at radius 1 is 0.600 bits per heavy atom. The molecule has 2 N–H and O–H groups in total. The normalized spacial score (nSPS) is 0. The zero-order valence-electron chi connectivity index (χ0n) is 2.73. The van der Waals surface area contributed by atoms with Gasteiger partial charge in [-0.2, -0.15) is 0 Å². The van der Waals surface area contributed by atoms with Crippen molar-refractivity contribution in [2.45, 2.75) is 0 Å². The molecule has 0 aliphatic heterocycles. The van der Waals surface area contributed by atoms with E-state index < -0.39 is 0 Å². The summed E-state index contributed by atoms with van der Waals surface area (Å²) in [5.41, 5.74) is 0. The van der Waals surface area contributed by atoms with E-state index in [2.05, 4.69) is 0 Å². The van der Waals surface area contributed by atoms with Crippen LogP contribution in [0.25, 0.3) is 0 Å². The van der Waals surface area contributed by atoms with Crippen molar-refractivity contribution < 1.29 is 5.48 Å². The smallest absolute Gasteiger partial charge is 2.00 e. The molecule has 0 rings (SSSR count). The van der Waals surface area contributed by atoms with Crippen molar-refractivity contribution in [3.05, 3.63) is 0 Å². The summed E-state index contributed by atoms with van der Waals surface area (Å²) in [6.07, 6.45) is 0. The average molecular weight is 162 g/mol. The van der Waals surface area contributed by atoms with Gasteiger partial charge < -0.3 is 32.5 Å². The minimum atomic E-state index is 0. The van der Waals surface area contributed by atoms with Gasteiger partial charge in [0.25, 0.3) is 0 Å². The number of hydrogen-bond acceptors (Lipinski definition) is 0. The Morgan fingerprint density at radius 3 is 0.600 bits per heavy atom. The van der Waals surface area contributed by atoms with Gasteiger partial charge >= 0.3 is 75.5 Å². The molecule has 1 nitrogen and oxygen atoms in total. The van der Waals surface area contributed by atoms with Gasteiger partial charge in [-0.3, -0.25) is 0 Å². The molecule has 0 aromatic heterocycles. The Morgan fingerprint density at radius 2 is 0.600 bits per heavy atom. The van der Waals surface area contributed by atoms with Crippen LogP contribution in [0.4, 0.5) is 0 Å². The van der Waals surface area contributed by atoms with Crippen molar-refractivity contribution in [3.63, 3.8) is 0 Å². The van der Waals surface area contributed by atoms with E-state index in [1.165, 1.54) is 0 Å². The van der Waals surface area contributed by atoms with Gasteiger partial charge in [-0.05, 0) is 0 Å². The second-order valence-corrected chi connectivity index (χ2v) is 0. The number of rotatable bonds is 0. The first-order valence-electron chi connectivity index (χ1n) is 0. The van der Waals surface area contributed by atoms with Gasteiger partial charge in [0.05, 0.1) is 0 Å². The number of hydrogen-bond donors (Lipinski definition) is 0. The fourth-order valence-corrected chi connectivity index (χ4v) is 0. The summed E-state index contributed by atoms with van der Waals surface area (Å²) in [5, 5.41) is 0. The van der Waals surface area contributed by atoms with Crippen LogP contribution >= 0.6 is 0 Å². The van der Waals surface area contributed by atoms with E-state index >= 15 is 0 Å². The topological polar surface area (TPSA) is 31.5 Å². The van der Waals surface area contributed by atoms with Crippen molar-refractivity contribution in [2.24, 2.45) is 0 Å². The molecule has 5 heteroatoms. The second-order valence-electron chi connectivity index (χ2n) is 0. The van der Waals surface area contributed by atoms with Gasteiger partial charge in [0, 0.05) is 0 Å². The molecule has 0 radical (unpaired) electrons. The molecule has 0 unspecified atom stereocenters. The molecular weight excluding hydrogens is 160 g/mol. The van der Waals surface area contributed by atoms with Crippen molar-refractivity contribution in [1.29, 1.82) is 0 Å². The van der Waals surface area contributed by atoms with Gasteiger partial charge in [0.2, 0.25) is 0 Å². The summed E-state index contributed by atoms with van der Waals surface area (Å²) < 4.78 is 0. The van der Waals surface area contributed by atoms with Gasteiger partial charge in [0.15, 0.2) is 0 Å². The van der Waals surface area contributed by atoms with E-state index in [0.717, 1.165) is 0 Å². The van der Waals surface area contributed by atoms with Gasteiger partial charge in [-0.25, -0.2) is 0 Å². The van der Waals surface area contributed by atoms with Gasteiger partial charge in [0.1, 0.15) is 0 Å². The molecule has 0 aliphatic rings. The standard InChI is InChI=1S/2Ca.H2O.2S/h;;1H2;;/q2*+2;;2*-2. The van der Waals surface area contributed by atoms with Crippen LogP contribution in [0.3, 0.4) is 0 Å². The molecule has 0 saturated heterocycles. The quantitative estimate of drug-likeness (QED) is 0.385. The SMILES string of the molecule is O.[Ca+2].[Ca+2].[S-2].[S-2]. The van der Waals surface area contributed by atoms with Crippen LogP contribution in [-0.4, -0.2) is 81.0 Å². The fraction of sp³-hybridized carbons (Fsp3) is 0. The molecule has 0 aliphatic carbocycles. The monoisotopic (exact) mass is 162 g/mol. The fourth-order valence-electron chi connectivity index (χ4n) is 0. The predicted octanol–water partition coefficient (Wildman–Crippen LogP) is -1.59. The third-order valence-electron chi connectivity index (χ3n) is 0. The first-order chi connectivity index (χ1) is 0. The summed E-state index contributed by atoms with van der Waals surface area (Å²) in [5.74, 6) is 0. The Kier molecular flexibility index (Phi) is 226. The van der Waals surface area contributed by atoms with E-state index in [0.29, 0.717) is 0 Å². The maximum absolute atomic E-state index is 0. The molecule has 0 spiro atoms. The second kappa shape index (κ2) is 27.1. The molecule has 0 atom stereocenters. The summed E-state index contributed by atoms with van der Waals surface area (Å²) in [6.45, 7) is 0. The third-order valence-corrected chi connectivity index (χ3v) is 0. The van der Waals surface area contributed by atoms with Crippen molar-refractivity contribution in [2.75, 3.05) is 0 Å². The summed E-state index contributed by atoms with van der Waals surface area (Å²) >= 11 is 0. The Bertz CT molecular complexity index is 7.61. The van der Waals surface area contributed by atoms with Crippen LogP contribution < -0.4 is 0 Å². The molecule has 24 valence electrons. The summed E-state index contributed by atoms with van der Waals surface area (Å²) in [7, 11) is 0. The van der Waals surface area contributed by atoms with Crippen molar-refractivity contribution in [1.82, 2.24) is 0 Å². The van der Waals surface area contributed by atoms with E-state index in [1.807, 2.05) is 0 Å². The molecule has 0 amide bonds. The zero-order chi connectivity index (χ0) is 0. The van der Waals surface area contributed by atoms with E-state index in [1.54, 1.807) is 0 Å². The first-order valence-corrected chi connectivity index (χ1v) is 0. The van der Waals surface area contributed by atoms with Crippen LogP contribution in [0, 0.1) is 0 Å². The van der Waals surface area contributed by atoms with Crippen LogP contribution in [0.2, 0.25) is 0 Å². The van der Waals surface area contributed by atoms with Crippen LogP contribution in [0.1, 0.15) is 0 Å². The summed E-state index contributed by atoms with van der Waals surface area (Å²) in [4.78, 5) is 0. The molecular formula is H2Ca2OS2. The van der Waals surface area contributed by atoms with E-state index in [4.69, 9.17) is 0 Å². The minimum Gasteiger partial charge on any atom is -2.00 e. The molecule has 0 bridgehead atoms. The maximum Gasteiger partial charge on any atom is 2.00 e. The Labute approximate surface area is 105 Å². The average Bonchev–Trinajstić information content (AvgIpc) is 0. The summed E-state index contributed by atoms with van der Waals surface area (Å²) in [6, 6.07) is 0. The van der Waals surface area contributed by atoms with Crippen LogP contribution in [-0.2, 0) is 27.0 Å². The Hall–Kier alpha value is 3.18. The van der Waals surface area contributed by atoms with Crippen LogP contribution in [0.15, 0.2) is 0 Å². The van der Waals surface area contributed by atoms with Crippen LogP contribution in [0.5, 0.6) is 0 Å². The molecule has 0 heterocycles. The van der Waals surface area contributed by atoms with Crippen molar-refractivity contribution >= 4 is 102 Å². The van der Waals surface area contributed by atoms with Gasteiger partial charge in [-0.15, -0.1) is 0 Å². The maximum atomic E-state index is 0. The predicted molar refractivity (Wildman–Crippen MR) is 29.9 cm³/mol. The zero-order valence-corrected chi connectivity index (χ0v) is 8.78. The molecule has 0 fully saturated rings. The van der Waals surface area contributed by atoms with E-state index in [-0.39, 0.29) is 108 Å². The molecule has 0 aromatic rings.